The first kappa shape index (κ1) is 33.1. The molecule has 0 radical (unpaired) electrons. The van der Waals surface area contributed by atoms with Crippen LogP contribution >= 0.6 is 22.6 Å². The van der Waals surface area contributed by atoms with Crippen LogP contribution < -0.4 is 19.5 Å². The second kappa shape index (κ2) is 15.7. The van der Waals surface area contributed by atoms with Crippen LogP contribution in [-0.4, -0.2) is 85.4 Å². The number of hydrogen-bond donors (Lipinski definition) is 3. The number of carbonyl (C=O) groups excluding carboxylic acids is 3. The van der Waals surface area contributed by atoms with Gasteiger partial charge >= 0.3 is 0 Å². The first-order chi connectivity index (χ1) is 20.1. The lowest BCUT2D eigenvalue weighted by Crippen LogP contribution is -2.55. The molecule has 42 heavy (non-hydrogen) atoms. The normalized spacial score (nSPS) is 17.9. The van der Waals surface area contributed by atoms with E-state index >= 15 is 0 Å². The zero-order valence-electron chi connectivity index (χ0n) is 24.1. The highest BCUT2D eigenvalue weighted by Gasteiger charge is 2.40. The van der Waals surface area contributed by atoms with Crippen LogP contribution in [0.5, 0.6) is 17.2 Å². The van der Waals surface area contributed by atoms with Gasteiger partial charge in [0, 0.05) is 36.7 Å². The highest BCUT2D eigenvalue weighted by Crippen LogP contribution is 2.37. The fourth-order valence-electron chi connectivity index (χ4n) is 4.76. The molecule has 10 nitrogen and oxygen atoms in total. The van der Waals surface area contributed by atoms with E-state index in [2.05, 4.69) is 5.32 Å². The molecule has 0 heterocycles. The van der Waals surface area contributed by atoms with Gasteiger partial charge in [-0.05, 0) is 72.7 Å². The van der Waals surface area contributed by atoms with Crippen LogP contribution in [0.15, 0.2) is 59.7 Å². The summed E-state index contributed by atoms with van der Waals surface area (Å²) in [6, 6.07) is 9.81. The molecule has 2 aromatic carbocycles. The smallest absolute Gasteiger partial charge is 0.247 e. The topological polar surface area (TPSA) is 135 Å². The number of hydrogen-bond acceptors (Lipinski definition) is 8. The van der Waals surface area contributed by atoms with Crippen molar-refractivity contribution in [3.63, 3.8) is 0 Å². The van der Waals surface area contributed by atoms with Crippen LogP contribution in [0.2, 0.25) is 0 Å². The lowest BCUT2D eigenvalue weighted by atomic mass is 9.87. The first-order valence-corrected chi connectivity index (χ1v) is 14.6. The quantitative estimate of drug-likeness (QED) is 0.166. The third-order valence-corrected chi connectivity index (χ3v) is 7.57. The minimum Gasteiger partial charge on any atom is -0.496 e. The molecule has 1 aliphatic rings. The van der Waals surface area contributed by atoms with Crippen molar-refractivity contribution in [1.82, 2.24) is 10.2 Å². The number of benzene rings is 2. The minimum atomic E-state index is -1.22. The highest BCUT2D eigenvalue weighted by atomic mass is 127. The van der Waals surface area contributed by atoms with Gasteiger partial charge < -0.3 is 34.6 Å². The molecule has 0 saturated heterocycles. The van der Waals surface area contributed by atoms with Gasteiger partial charge in [0.25, 0.3) is 0 Å². The average molecular weight is 693 g/mol. The van der Waals surface area contributed by atoms with Gasteiger partial charge in [0.05, 0.1) is 30.4 Å². The summed E-state index contributed by atoms with van der Waals surface area (Å²) in [5, 5.41) is 23.6. The SMILES string of the molecule is COc1ccccc1CCN(C(=O)C=C(C)C)[C@@H]1CC(C(=O)NCCO)=C[C@H](Oc2c(I)cc(C=O)cc2OC)[C@H]1O. The Hall–Kier alpha value is -3.42. The molecule has 11 heteroatoms. The second-order valence-electron chi connectivity index (χ2n) is 9.98. The van der Waals surface area contributed by atoms with E-state index in [1.807, 2.05) is 60.7 Å². The van der Waals surface area contributed by atoms with Crippen LogP contribution in [-0.2, 0) is 16.0 Å². The predicted octanol–water partition coefficient (Wildman–Crippen LogP) is 3.07. The van der Waals surface area contributed by atoms with Crippen molar-refractivity contribution < 1.29 is 38.8 Å². The van der Waals surface area contributed by atoms with Crippen LogP contribution in [0.3, 0.4) is 0 Å². The first-order valence-electron chi connectivity index (χ1n) is 13.5. The number of aliphatic hydroxyl groups is 2. The van der Waals surface area contributed by atoms with E-state index in [0.29, 0.717) is 33.2 Å². The van der Waals surface area contributed by atoms with E-state index in [1.54, 1.807) is 18.1 Å². The van der Waals surface area contributed by atoms with Gasteiger partial charge in [-0.2, -0.15) is 0 Å². The van der Waals surface area contributed by atoms with Gasteiger partial charge in [-0.3, -0.25) is 14.4 Å². The number of nitrogens with zero attached hydrogens (tertiary/aromatic N) is 1. The Balaban J connectivity index is 2.04. The van der Waals surface area contributed by atoms with E-state index in [4.69, 9.17) is 14.2 Å². The molecule has 3 atom stereocenters. The maximum absolute atomic E-state index is 13.6. The number of allylic oxidation sites excluding steroid dienone is 1. The Kier molecular flexibility index (Phi) is 12.4. The molecule has 0 aromatic heterocycles. The van der Waals surface area contributed by atoms with Gasteiger partial charge in [-0.1, -0.05) is 23.8 Å². The standard InChI is InChI=1S/C31H37IN2O8/c1-19(2)13-28(37)34(11-9-21-7-5-6-8-25(21)40-3)24-16-22(31(39)33-10-12-35)17-26(29(24)38)42-30-23(32)14-20(18-36)15-27(30)41-4/h5-8,13-15,17-18,24,26,29,35,38H,9-12,16H2,1-4H3,(H,33,39)/t24-,26+,29+/m1/s1. The van der Waals surface area contributed by atoms with Crippen LogP contribution in [0.25, 0.3) is 0 Å². The van der Waals surface area contributed by atoms with Crippen molar-refractivity contribution in [2.75, 3.05) is 33.9 Å². The summed E-state index contributed by atoms with van der Waals surface area (Å²) in [7, 11) is 3.02. The van der Waals surface area contributed by atoms with Crippen LogP contribution in [0.4, 0.5) is 0 Å². The summed E-state index contributed by atoms with van der Waals surface area (Å²) in [5.74, 6) is 0.503. The lowest BCUT2D eigenvalue weighted by molar-refractivity contribution is -0.133. The van der Waals surface area contributed by atoms with E-state index in [0.717, 1.165) is 11.1 Å². The van der Waals surface area contributed by atoms with Gasteiger partial charge in [0.2, 0.25) is 11.8 Å². The van der Waals surface area contributed by atoms with Crippen molar-refractivity contribution in [2.24, 2.45) is 0 Å². The summed E-state index contributed by atoms with van der Waals surface area (Å²) >= 11 is 2.01. The highest BCUT2D eigenvalue weighted by molar-refractivity contribution is 14.1. The van der Waals surface area contributed by atoms with E-state index in [9.17, 15) is 24.6 Å². The molecule has 0 bridgehead atoms. The van der Waals surface area contributed by atoms with E-state index in [1.165, 1.54) is 25.3 Å². The largest absolute Gasteiger partial charge is 0.496 e. The lowest BCUT2D eigenvalue weighted by Gasteiger charge is -2.40. The minimum absolute atomic E-state index is 0.0437. The van der Waals surface area contributed by atoms with E-state index < -0.39 is 24.2 Å². The Bertz CT molecular complexity index is 1340. The van der Waals surface area contributed by atoms with Crippen molar-refractivity contribution in [3.05, 3.63) is 74.4 Å². The predicted molar refractivity (Wildman–Crippen MR) is 166 cm³/mol. The van der Waals surface area contributed by atoms with Crippen LogP contribution in [0.1, 0.15) is 36.2 Å². The molecular weight excluding hydrogens is 655 g/mol. The molecule has 0 unspecified atom stereocenters. The molecule has 3 N–H and O–H groups in total. The summed E-state index contributed by atoms with van der Waals surface area (Å²) in [4.78, 5) is 39.6. The monoisotopic (exact) mass is 692 g/mol. The molecule has 0 saturated carbocycles. The number of rotatable bonds is 13. The number of halogens is 1. The Morgan fingerprint density at radius 3 is 2.50 bits per heavy atom. The molecule has 226 valence electrons. The molecule has 2 aromatic rings. The summed E-state index contributed by atoms with van der Waals surface area (Å²) in [5.41, 5.74) is 2.36. The molecule has 0 aliphatic heterocycles. The summed E-state index contributed by atoms with van der Waals surface area (Å²) in [6.45, 7) is 3.65. The number of aliphatic hydroxyl groups excluding tert-OH is 2. The molecule has 1 aliphatic carbocycles. The number of aldehydes is 1. The average Bonchev–Trinajstić information content (AvgIpc) is 2.97. The number of ether oxygens (including phenoxy) is 3. The summed E-state index contributed by atoms with van der Waals surface area (Å²) < 4.78 is 17.8. The van der Waals surface area contributed by atoms with Crippen molar-refractivity contribution in [1.29, 1.82) is 0 Å². The van der Waals surface area contributed by atoms with Crippen LogP contribution in [0, 0.1) is 3.57 Å². The molecular formula is C31H37IN2O8. The number of nitrogens with one attached hydrogen (secondary N) is 1. The zero-order chi connectivity index (χ0) is 30.8. The molecule has 2 amide bonds. The Morgan fingerprint density at radius 2 is 1.86 bits per heavy atom. The van der Waals surface area contributed by atoms with Crippen molar-refractivity contribution in [3.8, 4) is 17.2 Å². The third-order valence-electron chi connectivity index (χ3n) is 6.77. The molecule has 0 spiro atoms. The number of methoxy groups -OCH3 is 2. The van der Waals surface area contributed by atoms with Gasteiger partial charge in [-0.15, -0.1) is 0 Å². The fourth-order valence-corrected chi connectivity index (χ4v) is 5.51. The third kappa shape index (κ3) is 8.33. The second-order valence-corrected chi connectivity index (χ2v) is 11.1. The Morgan fingerprint density at radius 1 is 1.14 bits per heavy atom. The zero-order valence-corrected chi connectivity index (χ0v) is 26.3. The maximum Gasteiger partial charge on any atom is 0.247 e. The molecule has 0 fully saturated rings. The number of amides is 2. The number of carbonyl (C=O) groups is 3. The molecule has 3 rings (SSSR count). The van der Waals surface area contributed by atoms with Crippen molar-refractivity contribution >= 4 is 40.7 Å². The van der Waals surface area contributed by atoms with E-state index in [-0.39, 0.29) is 43.5 Å². The Labute approximate surface area is 259 Å². The van der Waals surface area contributed by atoms with Crippen molar-refractivity contribution in [2.45, 2.75) is 44.9 Å². The van der Waals surface area contributed by atoms with Gasteiger partial charge in [0.1, 0.15) is 24.2 Å². The van der Waals surface area contributed by atoms with Gasteiger partial charge in [0.15, 0.2) is 11.5 Å². The van der Waals surface area contributed by atoms with Gasteiger partial charge in [-0.25, -0.2) is 0 Å². The maximum atomic E-state index is 13.6. The summed E-state index contributed by atoms with van der Waals surface area (Å²) in [6.07, 6.45) is 1.95. The number of para-hydroxylation sites is 1. The fraction of sp³-hybridized carbons (Fsp3) is 0.387.